The van der Waals surface area contributed by atoms with Crippen molar-refractivity contribution >= 4 is 32.4 Å². The lowest BCUT2D eigenvalue weighted by Gasteiger charge is -2.58. The molecule has 0 N–H and O–H groups in total. The van der Waals surface area contributed by atoms with Gasteiger partial charge >= 0.3 is 0 Å². The highest BCUT2D eigenvalue weighted by Gasteiger charge is 2.54. The van der Waals surface area contributed by atoms with Gasteiger partial charge in [0.25, 0.3) is 0 Å². The van der Waals surface area contributed by atoms with Gasteiger partial charge in [0.2, 0.25) is 0 Å². The Morgan fingerprint density at radius 2 is 1.60 bits per heavy atom. The molecule has 0 amide bonds. The molecule has 0 saturated carbocycles. The summed E-state index contributed by atoms with van der Waals surface area (Å²) in [5.41, 5.74) is 3.74. The first-order chi connectivity index (χ1) is 19.7. The molecule has 40 heavy (non-hydrogen) atoms. The zero-order valence-electron chi connectivity index (χ0n) is 23.1. The third kappa shape index (κ3) is 4.16. The number of aromatic nitrogens is 1. The van der Waals surface area contributed by atoms with Crippen LogP contribution in [0.5, 0.6) is 0 Å². The Kier molecular flexibility index (Phi) is 6.50. The van der Waals surface area contributed by atoms with E-state index in [1.54, 1.807) is 0 Å². The molecule has 1 unspecified atom stereocenters. The van der Waals surface area contributed by atoms with Crippen molar-refractivity contribution in [1.82, 2.24) is 4.98 Å². The lowest BCUT2D eigenvalue weighted by Crippen LogP contribution is -2.67. The predicted octanol–water partition coefficient (Wildman–Crippen LogP) is 8.40. The second-order valence-electron chi connectivity index (χ2n) is 11.8. The fourth-order valence-electron chi connectivity index (χ4n) is 7.90. The average Bonchev–Trinajstić information content (AvgIpc) is 3.01. The van der Waals surface area contributed by atoms with Crippen molar-refractivity contribution in [1.29, 1.82) is 0 Å². The molecule has 3 heteroatoms. The number of pyridine rings is 1. The highest BCUT2D eigenvalue weighted by molar-refractivity contribution is 6.02. The molecule has 0 radical (unpaired) electrons. The van der Waals surface area contributed by atoms with Gasteiger partial charge < -0.3 is 9.22 Å². The number of para-hydroxylation sites is 1. The number of ether oxygens (including phenoxy) is 1. The maximum atomic E-state index is 6.80. The smallest absolute Gasteiger partial charge is 0.135 e. The molecule has 3 nitrogen and oxygen atoms in total. The summed E-state index contributed by atoms with van der Waals surface area (Å²) in [6, 6.07) is 31.2. The number of rotatable bonds is 8. The molecule has 3 aliphatic rings. The molecular weight excluding hydrogens is 488 g/mol. The molecule has 5 atom stereocenters. The van der Waals surface area contributed by atoms with E-state index in [1.165, 1.54) is 44.5 Å². The summed E-state index contributed by atoms with van der Waals surface area (Å²) < 4.78 is 7.81. The monoisotopic (exact) mass is 525 g/mol. The van der Waals surface area contributed by atoms with E-state index in [9.17, 15) is 0 Å². The van der Waals surface area contributed by atoms with Crippen molar-refractivity contribution in [2.24, 2.45) is 11.8 Å². The minimum absolute atomic E-state index is 0.0410. The highest BCUT2D eigenvalue weighted by atomic mass is 16.5. The molecule has 1 aromatic heterocycles. The van der Waals surface area contributed by atoms with E-state index >= 15 is 0 Å². The van der Waals surface area contributed by atoms with Crippen LogP contribution in [-0.2, 0) is 11.3 Å². The van der Waals surface area contributed by atoms with Crippen molar-refractivity contribution in [2.45, 2.75) is 31.5 Å². The van der Waals surface area contributed by atoms with Crippen LogP contribution in [-0.4, -0.2) is 35.2 Å². The minimum atomic E-state index is -0.0410. The van der Waals surface area contributed by atoms with Gasteiger partial charge in [0.1, 0.15) is 18.7 Å². The van der Waals surface area contributed by atoms with Crippen LogP contribution in [0.4, 0.5) is 0 Å². The van der Waals surface area contributed by atoms with Gasteiger partial charge in [-0.2, -0.15) is 0 Å². The second kappa shape index (κ2) is 10.3. The Balaban J connectivity index is 1.41. The Morgan fingerprint density at radius 1 is 0.900 bits per heavy atom. The number of hydrogen-bond acceptors (Lipinski definition) is 2. The third-order valence-electron chi connectivity index (χ3n) is 9.76. The maximum Gasteiger partial charge on any atom is 0.135 e. The molecule has 5 aromatic rings. The fraction of sp³-hybridized carbons (Fsp3) is 0.270. The van der Waals surface area contributed by atoms with Crippen molar-refractivity contribution in [3.63, 3.8) is 0 Å². The number of piperidine rings is 3. The zero-order chi connectivity index (χ0) is 27.1. The lowest BCUT2D eigenvalue weighted by molar-refractivity contribution is -0.984. The van der Waals surface area contributed by atoms with Crippen molar-refractivity contribution in [3.05, 3.63) is 128 Å². The van der Waals surface area contributed by atoms with Gasteiger partial charge in [-0.05, 0) is 51.2 Å². The molecule has 0 spiro atoms. The van der Waals surface area contributed by atoms with Gasteiger partial charge in [0.05, 0.1) is 25.2 Å². The number of fused-ring (bicyclic) bond motifs is 6. The first-order valence-electron chi connectivity index (χ1n) is 14.6. The van der Waals surface area contributed by atoms with Crippen molar-refractivity contribution < 1.29 is 9.22 Å². The number of nitrogens with zero attached hydrogens (tertiary/aromatic N) is 2. The van der Waals surface area contributed by atoms with E-state index in [2.05, 4.69) is 109 Å². The Hall–Kier alpha value is -3.79. The molecule has 2 bridgehead atoms. The second-order valence-corrected chi connectivity index (χ2v) is 11.8. The Labute approximate surface area is 237 Å². The summed E-state index contributed by atoms with van der Waals surface area (Å²) in [4.78, 5) is 4.68. The van der Waals surface area contributed by atoms with E-state index in [1.807, 2.05) is 12.3 Å². The van der Waals surface area contributed by atoms with E-state index in [4.69, 9.17) is 4.74 Å². The van der Waals surface area contributed by atoms with E-state index < -0.39 is 0 Å². The molecule has 200 valence electrons. The molecular formula is C37H37N2O+. The van der Waals surface area contributed by atoms with Gasteiger partial charge in [0.15, 0.2) is 0 Å². The molecule has 8 rings (SSSR count). The molecule has 4 aromatic carbocycles. The van der Waals surface area contributed by atoms with Crippen LogP contribution in [0, 0.1) is 11.8 Å². The topological polar surface area (TPSA) is 22.1 Å². The van der Waals surface area contributed by atoms with Crippen LogP contribution < -0.4 is 0 Å². The van der Waals surface area contributed by atoms with Crippen LogP contribution >= 0.6 is 0 Å². The molecule has 3 fully saturated rings. The van der Waals surface area contributed by atoms with Gasteiger partial charge in [-0.3, -0.25) is 4.98 Å². The van der Waals surface area contributed by atoms with Crippen molar-refractivity contribution in [3.8, 4) is 0 Å². The van der Waals surface area contributed by atoms with E-state index in [0.717, 1.165) is 36.1 Å². The van der Waals surface area contributed by atoms with Gasteiger partial charge in [-0.1, -0.05) is 78.9 Å². The number of quaternary nitrogens is 1. The summed E-state index contributed by atoms with van der Waals surface area (Å²) in [5, 5.41) is 6.56. The maximum absolute atomic E-state index is 6.80. The number of benzene rings is 4. The van der Waals surface area contributed by atoms with Gasteiger partial charge in [-0.25, -0.2) is 0 Å². The Bertz CT molecular complexity index is 1670. The third-order valence-corrected chi connectivity index (χ3v) is 9.76. The number of hydrogen-bond donors (Lipinski definition) is 0. The molecule has 3 saturated heterocycles. The summed E-state index contributed by atoms with van der Waals surface area (Å²) in [6.45, 7) is 12.1. The zero-order valence-corrected chi connectivity index (χ0v) is 23.1. The van der Waals surface area contributed by atoms with Crippen LogP contribution in [0.1, 0.15) is 30.1 Å². The highest BCUT2D eigenvalue weighted by Crippen LogP contribution is 2.50. The van der Waals surface area contributed by atoms with Gasteiger partial charge in [0, 0.05) is 35.9 Å². The standard InChI is InChI=1S/C37H37N2O/c1-3-21-40-37(33-17-19-38-35-16-10-9-15-32(33)35)36-23-27-18-20-39(36,24-26(27)4-2)25-34-30-13-7-5-11-28(30)22-29-12-6-8-14-31(29)34/h3-17,19,22,26-27,36-37H,1-2,18,20-21,23-25H2/q+1/t26-,27-,36-,37+,39?/m1/s1. The molecule has 0 aliphatic carbocycles. The SMILES string of the molecule is C=CCO[C@@H](c1ccnc2ccccc12)[C@H]1C[C@H]2CC[N+]1(Cc1c3ccccc3cc3ccccc13)C[C@H]2C=C. The lowest BCUT2D eigenvalue weighted by atomic mass is 9.70. The van der Waals surface area contributed by atoms with Crippen molar-refractivity contribution in [2.75, 3.05) is 19.7 Å². The predicted molar refractivity (Wildman–Crippen MR) is 166 cm³/mol. The fourth-order valence-corrected chi connectivity index (χ4v) is 7.90. The average molecular weight is 526 g/mol. The Morgan fingerprint density at radius 3 is 2.33 bits per heavy atom. The largest absolute Gasteiger partial charge is 0.363 e. The van der Waals surface area contributed by atoms with E-state index in [0.29, 0.717) is 24.5 Å². The first kappa shape index (κ1) is 25.2. The van der Waals surface area contributed by atoms with E-state index in [-0.39, 0.29) is 6.10 Å². The molecule has 3 aliphatic heterocycles. The summed E-state index contributed by atoms with van der Waals surface area (Å²) in [7, 11) is 0. The van der Waals surface area contributed by atoms with Crippen LogP contribution in [0.3, 0.4) is 0 Å². The minimum Gasteiger partial charge on any atom is -0.363 e. The summed E-state index contributed by atoms with van der Waals surface area (Å²) in [5.74, 6) is 1.18. The quantitative estimate of drug-likeness (QED) is 0.115. The van der Waals surface area contributed by atoms with Crippen LogP contribution in [0.25, 0.3) is 32.4 Å². The van der Waals surface area contributed by atoms with Gasteiger partial charge in [-0.15, -0.1) is 13.2 Å². The normalized spacial score (nSPS) is 24.9. The van der Waals surface area contributed by atoms with Crippen LogP contribution in [0.2, 0.25) is 0 Å². The summed E-state index contributed by atoms with van der Waals surface area (Å²) in [6.07, 6.45) is 8.41. The van der Waals surface area contributed by atoms with Crippen LogP contribution in [0.15, 0.2) is 116 Å². The molecule has 4 heterocycles. The summed E-state index contributed by atoms with van der Waals surface area (Å²) >= 11 is 0. The first-order valence-corrected chi connectivity index (χ1v) is 14.6.